The summed E-state index contributed by atoms with van der Waals surface area (Å²) < 4.78 is 0. The van der Waals surface area contributed by atoms with Crippen molar-refractivity contribution in [1.82, 2.24) is 25.1 Å². The van der Waals surface area contributed by atoms with Crippen LogP contribution in [-0.2, 0) is 0 Å². The Kier molecular flexibility index (Phi) is 6.02. The minimum absolute atomic E-state index is 0.784. The fourth-order valence-electron chi connectivity index (χ4n) is 4.27. The summed E-state index contributed by atoms with van der Waals surface area (Å²) in [7, 11) is 0. The molecule has 4 aromatic heterocycles. The summed E-state index contributed by atoms with van der Waals surface area (Å²) in [6, 6.07) is 8.17. The molecule has 0 unspecified atom stereocenters. The summed E-state index contributed by atoms with van der Waals surface area (Å²) in [6.07, 6.45) is 15.9. The fraction of sp³-hybridized carbons (Fsp3) is 0.138. The molecule has 0 aliphatic heterocycles. The van der Waals surface area contributed by atoms with Crippen molar-refractivity contribution >= 4 is 22.3 Å². The van der Waals surface area contributed by atoms with Crippen molar-refractivity contribution in [2.45, 2.75) is 26.7 Å². The molecule has 6 nitrogen and oxygen atoms in total. The Balaban J connectivity index is 1.54. The van der Waals surface area contributed by atoms with Crippen LogP contribution < -0.4 is 5.32 Å². The lowest BCUT2D eigenvalue weighted by Gasteiger charge is -2.08. The third kappa shape index (κ3) is 4.38. The van der Waals surface area contributed by atoms with Crippen LogP contribution in [0.1, 0.15) is 31.0 Å². The quantitative estimate of drug-likeness (QED) is 0.245. The molecule has 0 amide bonds. The smallest absolute Gasteiger partial charge is 0.135 e. The maximum Gasteiger partial charge on any atom is 0.135 e. The molecule has 0 saturated heterocycles. The summed E-state index contributed by atoms with van der Waals surface area (Å²) >= 11 is 0. The Bertz CT molecular complexity index is 1530. The van der Waals surface area contributed by atoms with E-state index in [-0.39, 0.29) is 0 Å². The van der Waals surface area contributed by atoms with E-state index < -0.39 is 0 Å². The van der Waals surface area contributed by atoms with Crippen LogP contribution in [-0.4, -0.2) is 25.1 Å². The highest BCUT2D eigenvalue weighted by Crippen LogP contribution is 2.34. The van der Waals surface area contributed by atoms with Gasteiger partial charge >= 0.3 is 0 Å². The number of hydrogen-bond donors (Lipinski definition) is 3. The second kappa shape index (κ2) is 9.43. The van der Waals surface area contributed by atoms with Gasteiger partial charge in [-0.2, -0.15) is 5.10 Å². The number of fused-ring (bicyclic) bond motifs is 1. The first-order valence-corrected chi connectivity index (χ1v) is 11.7. The van der Waals surface area contributed by atoms with E-state index in [1.54, 1.807) is 6.20 Å². The number of allylic oxidation sites excluding steroid dienone is 8. The predicted molar refractivity (Wildman–Crippen MR) is 145 cm³/mol. The summed E-state index contributed by atoms with van der Waals surface area (Å²) in [5.74, 6) is 0. The maximum atomic E-state index is 4.96. The SMILES string of the molecule is C=C/C=C(/C1=CCC=C1)c1cc(-c2n[nH]c3ccc(-c4cncc(NC(=C)CC)c4)nc23)[nH]c1C. The number of aromatic amines is 2. The minimum atomic E-state index is 0.784. The second-order valence-electron chi connectivity index (χ2n) is 8.54. The highest BCUT2D eigenvalue weighted by molar-refractivity contribution is 5.92. The molecule has 35 heavy (non-hydrogen) atoms. The molecule has 3 N–H and O–H groups in total. The highest BCUT2D eigenvalue weighted by Gasteiger charge is 2.18. The van der Waals surface area contributed by atoms with Gasteiger partial charge in [-0.1, -0.05) is 50.5 Å². The lowest BCUT2D eigenvalue weighted by molar-refractivity contribution is 1.11. The molecule has 1 aliphatic carbocycles. The van der Waals surface area contributed by atoms with E-state index >= 15 is 0 Å². The number of rotatable bonds is 8. The molecule has 0 bridgehead atoms. The van der Waals surface area contributed by atoms with Crippen LogP contribution in [0.15, 0.2) is 91.5 Å². The van der Waals surface area contributed by atoms with Gasteiger partial charge < -0.3 is 10.3 Å². The molecule has 0 saturated carbocycles. The van der Waals surface area contributed by atoms with Gasteiger partial charge in [0.2, 0.25) is 0 Å². The first kappa shape index (κ1) is 22.3. The van der Waals surface area contributed by atoms with Crippen molar-refractivity contribution in [1.29, 1.82) is 0 Å². The summed E-state index contributed by atoms with van der Waals surface area (Å²) in [5, 5.41) is 11.0. The van der Waals surface area contributed by atoms with Crippen LogP contribution in [0.25, 0.3) is 39.3 Å². The van der Waals surface area contributed by atoms with E-state index in [2.05, 4.69) is 82.9 Å². The number of pyridine rings is 2. The van der Waals surface area contributed by atoms with Crippen molar-refractivity contribution in [2.24, 2.45) is 0 Å². The Morgan fingerprint density at radius 1 is 1.23 bits per heavy atom. The van der Waals surface area contributed by atoms with Gasteiger partial charge in [0.05, 0.1) is 28.8 Å². The molecular weight excluding hydrogens is 432 g/mol. The van der Waals surface area contributed by atoms with Crippen molar-refractivity contribution in [3.63, 3.8) is 0 Å². The van der Waals surface area contributed by atoms with E-state index in [4.69, 9.17) is 4.98 Å². The standard InChI is InChI=1S/C29H28N6/c1-5-9-23(20-10-7-8-11-20)24-15-27(32-19(24)4)29-28-26(34-35-29)13-12-25(33-28)21-14-22(17-30-16-21)31-18(3)6-2/h5,7,9-17,31-32H,1,3,6,8H2,2,4H3,(H,34,35)/b23-9-. The lowest BCUT2D eigenvalue weighted by atomic mass is 9.98. The zero-order valence-corrected chi connectivity index (χ0v) is 20.0. The van der Waals surface area contributed by atoms with Crippen molar-refractivity contribution in [2.75, 3.05) is 5.32 Å². The van der Waals surface area contributed by atoms with Gasteiger partial charge in [-0.15, -0.1) is 0 Å². The Morgan fingerprint density at radius 2 is 2.11 bits per heavy atom. The van der Waals surface area contributed by atoms with Gasteiger partial charge in [0, 0.05) is 28.7 Å². The number of nitrogens with zero attached hydrogens (tertiary/aromatic N) is 3. The normalized spacial score (nSPS) is 13.3. The van der Waals surface area contributed by atoms with Crippen LogP contribution >= 0.6 is 0 Å². The van der Waals surface area contributed by atoms with E-state index in [1.165, 1.54) is 5.57 Å². The Morgan fingerprint density at radius 3 is 2.89 bits per heavy atom. The predicted octanol–water partition coefficient (Wildman–Crippen LogP) is 7.11. The second-order valence-corrected chi connectivity index (χ2v) is 8.54. The van der Waals surface area contributed by atoms with E-state index in [0.29, 0.717) is 0 Å². The number of aryl methyl sites for hydroxylation is 1. The van der Waals surface area contributed by atoms with Gasteiger partial charge in [-0.25, -0.2) is 4.98 Å². The summed E-state index contributed by atoms with van der Waals surface area (Å²) in [4.78, 5) is 12.9. The molecule has 5 rings (SSSR count). The minimum Gasteiger partial charge on any atom is -0.358 e. The third-order valence-electron chi connectivity index (χ3n) is 6.12. The van der Waals surface area contributed by atoms with E-state index in [1.807, 2.05) is 30.5 Å². The maximum absolute atomic E-state index is 4.96. The first-order chi connectivity index (χ1) is 17.1. The number of hydrogen-bond acceptors (Lipinski definition) is 4. The number of nitrogens with one attached hydrogen (secondary N) is 3. The molecule has 4 heterocycles. The Hall–Kier alpha value is -4.45. The molecule has 0 atom stereocenters. The Labute approximate surface area is 204 Å². The number of H-pyrrole nitrogens is 2. The van der Waals surface area contributed by atoms with Gasteiger partial charge in [-0.3, -0.25) is 10.1 Å². The first-order valence-electron chi connectivity index (χ1n) is 11.7. The molecule has 4 aromatic rings. The molecule has 0 fully saturated rings. The van der Waals surface area contributed by atoms with Gasteiger partial charge in [0.1, 0.15) is 11.2 Å². The summed E-state index contributed by atoms with van der Waals surface area (Å²) in [6.45, 7) is 12.1. The summed E-state index contributed by atoms with van der Waals surface area (Å²) in [5.41, 5.74) is 11.5. The highest BCUT2D eigenvalue weighted by atomic mass is 15.1. The average Bonchev–Trinajstić information content (AvgIpc) is 3.62. The average molecular weight is 461 g/mol. The molecule has 174 valence electrons. The number of anilines is 1. The molecule has 0 spiro atoms. The van der Waals surface area contributed by atoms with Gasteiger partial charge in [0.25, 0.3) is 0 Å². The third-order valence-corrected chi connectivity index (χ3v) is 6.12. The monoisotopic (exact) mass is 460 g/mol. The molecule has 0 aromatic carbocycles. The molecule has 0 radical (unpaired) electrons. The number of aromatic nitrogens is 5. The lowest BCUT2D eigenvalue weighted by Crippen LogP contribution is -1.97. The van der Waals surface area contributed by atoms with Crippen LogP contribution in [0.3, 0.4) is 0 Å². The zero-order chi connectivity index (χ0) is 24.4. The van der Waals surface area contributed by atoms with Crippen molar-refractivity contribution in [3.05, 3.63) is 103 Å². The largest absolute Gasteiger partial charge is 0.358 e. The van der Waals surface area contributed by atoms with Crippen LogP contribution in [0.5, 0.6) is 0 Å². The van der Waals surface area contributed by atoms with Crippen LogP contribution in [0.4, 0.5) is 5.69 Å². The van der Waals surface area contributed by atoms with Crippen molar-refractivity contribution in [3.8, 4) is 22.6 Å². The topological polar surface area (TPSA) is 82.3 Å². The molecule has 6 heteroatoms. The van der Waals surface area contributed by atoms with E-state index in [9.17, 15) is 0 Å². The fourth-order valence-corrected chi connectivity index (χ4v) is 4.27. The van der Waals surface area contributed by atoms with Crippen molar-refractivity contribution < 1.29 is 0 Å². The van der Waals surface area contributed by atoms with Gasteiger partial charge in [0.15, 0.2) is 0 Å². The van der Waals surface area contributed by atoms with Crippen LogP contribution in [0, 0.1) is 6.92 Å². The van der Waals surface area contributed by atoms with E-state index in [0.717, 1.165) is 74.7 Å². The zero-order valence-electron chi connectivity index (χ0n) is 20.0. The van der Waals surface area contributed by atoms with Crippen LogP contribution in [0.2, 0.25) is 0 Å². The molecule has 1 aliphatic rings. The van der Waals surface area contributed by atoms with Gasteiger partial charge in [-0.05, 0) is 55.2 Å². The molecular formula is C29H28N6.